The van der Waals surface area contributed by atoms with Crippen molar-refractivity contribution in [3.8, 4) is 5.75 Å². The second kappa shape index (κ2) is 5.61. The molecule has 0 amide bonds. The summed E-state index contributed by atoms with van der Waals surface area (Å²) in [7, 11) is 4.31. The van der Waals surface area contributed by atoms with E-state index in [0.717, 1.165) is 18.7 Å². The fraction of sp³-hybridized carbons (Fsp3) is 0.556. The zero-order valence-electron chi connectivity index (χ0n) is 12.6. The van der Waals surface area contributed by atoms with Gasteiger partial charge in [-0.15, -0.1) is 0 Å². The van der Waals surface area contributed by atoms with Crippen LogP contribution in [-0.2, 0) is 0 Å². The molecule has 108 valence electrons. The van der Waals surface area contributed by atoms with Gasteiger partial charge in [0, 0.05) is 11.5 Å². The van der Waals surface area contributed by atoms with Crippen molar-refractivity contribution in [2.75, 3.05) is 20.6 Å². The SMILES string of the molecule is CN(C)CCC1CCCCC12C=Cc1ccccc1O2. The third-order valence-electron chi connectivity index (χ3n) is 4.75. The molecule has 1 aliphatic carbocycles. The van der Waals surface area contributed by atoms with Crippen LogP contribution in [0.5, 0.6) is 5.75 Å². The van der Waals surface area contributed by atoms with Crippen molar-refractivity contribution in [3.05, 3.63) is 35.9 Å². The number of fused-ring (bicyclic) bond motifs is 1. The maximum absolute atomic E-state index is 6.50. The Bertz CT molecular complexity index is 494. The summed E-state index contributed by atoms with van der Waals surface area (Å²) in [6.45, 7) is 1.14. The maximum atomic E-state index is 6.50. The van der Waals surface area contributed by atoms with E-state index in [2.05, 4.69) is 55.4 Å². The highest BCUT2D eigenvalue weighted by atomic mass is 16.5. The minimum absolute atomic E-state index is 0.0530. The number of benzene rings is 1. The molecule has 1 spiro atoms. The highest BCUT2D eigenvalue weighted by molar-refractivity contribution is 5.61. The van der Waals surface area contributed by atoms with Crippen LogP contribution in [0.3, 0.4) is 0 Å². The fourth-order valence-electron chi connectivity index (χ4n) is 3.58. The molecule has 1 aromatic rings. The van der Waals surface area contributed by atoms with Gasteiger partial charge in [0.1, 0.15) is 11.4 Å². The molecule has 0 aromatic heterocycles. The third kappa shape index (κ3) is 2.62. The highest BCUT2D eigenvalue weighted by Crippen LogP contribution is 2.44. The molecule has 2 heteroatoms. The van der Waals surface area contributed by atoms with E-state index in [0.29, 0.717) is 5.92 Å². The predicted molar refractivity (Wildman–Crippen MR) is 84.0 cm³/mol. The number of nitrogens with zero attached hydrogens (tertiary/aromatic N) is 1. The Hall–Kier alpha value is -1.28. The van der Waals surface area contributed by atoms with Gasteiger partial charge < -0.3 is 9.64 Å². The van der Waals surface area contributed by atoms with Crippen LogP contribution in [0.15, 0.2) is 30.3 Å². The minimum Gasteiger partial charge on any atom is -0.482 e. The van der Waals surface area contributed by atoms with Crippen LogP contribution in [0.4, 0.5) is 0 Å². The highest BCUT2D eigenvalue weighted by Gasteiger charge is 2.42. The molecule has 0 bridgehead atoms. The van der Waals surface area contributed by atoms with Crippen LogP contribution in [0.1, 0.15) is 37.7 Å². The summed E-state index contributed by atoms with van der Waals surface area (Å²) in [6.07, 6.45) is 10.9. The Morgan fingerprint density at radius 3 is 2.95 bits per heavy atom. The van der Waals surface area contributed by atoms with E-state index in [1.165, 1.54) is 31.2 Å². The van der Waals surface area contributed by atoms with E-state index in [9.17, 15) is 0 Å². The molecule has 3 rings (SSSR count). The van der Waals surface area contributed by atoms with Crippen LogP contribution < -0.4 is 4.74 Å². The average molecular weight is 271 g/mol. The summed E-state index contributed by atoms with van der Waals surface area (Å²) >= 11 is 0. The zero-order valence-corrected chi connectivity index (χ0v) is 12.6. The average Bonchev–Trinajstić information content (AvgIpc) is 2.46. The summed E-state index contributed by atoms with van der Waals surface area (Å²) in [5, 5.41) is 0. The normalized spacial score (nSPS) is 28.4. The molecule has 1 fully saturated rings. The maximum Gasteiger partial charge on any atom is 0.130 e. The molecule has 2 aliphatic rings. The van der Waals surface area contributed by atoms with Crippen molar-refractivity contribution in [3.63, 3.8) is 0 Å². The van der Waals surface area contributed by atoms with Crippen LogP contribution in [0.2, 0.25) is 0 Å². The van der Waals surface area contributed by atoms with Crippen LogP contribution in [0, 0.1) is 5.92 Å². The number of rotatable bonds is 3. The van der Waals surface area contributed by atoms with Gasteiger partial charge >= 0.3 is 0 Å². The predicted octanol–water partition coefficient (Wildman–Crippen LogP) is 3.97. The number of hydrogen-bond donors (Lipinski definition) is 0. The van der Waals surface area contributed by atoms with Gasteiger partial charge in [-0.25, -0.2) is 0 Å². The van der Waals surface area contributed by atoms with Gasteiger partial charge in [0.15, 0.2) is 0 Å². The smallest absolute Gasteiger partial charge is 0.130 e. The van der Waals surface area contributed by atoms with Crippen molar-refractivity contribution >= 4 is 6.08 Å². The molecular weight excluding hydrogens is 246 g/mol. The number of hydrogen-bond acceptors (Lipinski definition) is 2. The molecular formula is C18H25NO. The Kier molecular flexibility index (Phi) is 3.84. The molecule has 1 heterocycles. The molecule has 0 saturated heterocycles. The standard InChI is InChI=1S/C18H25NO/c1-19(2)14-11-16-8-5-6-12-18(16)13-10-15-7-3-4-9-17(15)20-18/h3-4,7,9-10,13,16H,5-6,8,11-12,14H2,1-2H3. The van der Waals surface area contributed by atoms with Crippen LogP contribution in [0.25, 0.3) is 6.08 Å². The molecule has 2 nitrogen and oxygen atoms in total. The van der Waals surface area contributed by atoms with E-state index in [1.54, 1.807) is 0 Å². The molecule has 2 atom stereocenters. The first-order chi connectivity index (χ1) is 9.70. The van der Waals surface area contributed by atoms with E-state index in [-0.39, 0.29) is 5.60 Å². The lowest BCUT2D eigenvalue weighted by molar-refractivity contribution is 0.0109. The fourth-order valence-corrected chi connectivity index (χ4v) is 3.58. The number of para-hydroxylation sites is 1. The second-order valence-corrected chi connectivity index (χ2v) is 6.46. The van der Waals surface area contributed by atoms with Crippen LogP contribution in [-0.4, -0.2) is 31.1 Å². The van der Waals surface area contributed by atoms with E-state index < -0.39 is 0 Å². The first-order valence-corrected chi connectivity index (χ1v) is 7.82. The molecule has 2 unspecified atom stereocenters. The Morgan fingerprint density at radius 1 is 1.25 bits per heavy atom. The lowest BCUT2D eigenvalue weighted by atomic mass is 9.72. The van der Waals surface area contributed by atoms with E-state index >= 15 is 0 Å². The van der Waals surface area contributed by atoms with Gasteiger partial charge in [0.2, 0.25) is 0 Å². The van der Waals surface area contributed by atoms with Gasteiger partial charge in [0.05, 0.1) is 0 Å². The quantitative estimate of drug-likeness (QED) is 0.824. The summed E-state index contributed by atoms with van der Waals surface area (Å²) in [5.41, 5.74) is 1.16. The monoisotopic (exact) mass is 271 g/mol. The largest absolute Gasteiger partial charge is 0.482 e. The van der Waals surface area contributed by atoms with Crippen molar-refractivity contribution in [1.82, 2.24) is 4.90 Å². The van der Waals surface area contributed by atoms with E-state index in [4.69, 9.17) is 4.74 Å². The van der Waals surface area contributed by atoms with Gasteiger partial charge in [0.25, 0.3) is 0 Å². The summed E-state index contributed by atoms with van der Waals surface area (Å²) in [4.78, 5) is 2.28. The lowest BCUT2D eigenvalue weighted by Gasteiger charge is -2.44. The van der Waals surface area contributed by atoms with Crippen molar-refractivity contribution < 1.29 is 4.74 Å². The van der Waals surface area contributed by atoms with Gasteiger partial charge in [-0.2, -0.15) is 0 Å². The summed E-state index contributed by atoms with van der Waals surface area (Å²) in [5.74, 6) is 1.70. The summed E-state index contributed by atoms with van der Waals surface area (Å²) in [6, 6.07) is 8.40. The Morgan fingerprint density at radius 2 is 2.10 bits per heavy atom. The van der Waals surface area contributed by atoms with Crippen molar-refractivity contribution in [1.29, 1.82) is 0 Å². The second-order valence-electron chi connectivity index (χ2n) is 6.46. The summed E-state index contributed by atoms with van der Waals surface area (Å²) < 4.78 is 6.50. The van der Waals surface area contributed by atoms with Gasteiger partial charge in [-0.3, -0.25) is 0 Å². The number of ether oxygens (including phenoxy) is 1. The van der Waals surface area contributed by atoms with Gasteiger partial charge in [-0.1, -0.05) is 30.7 Å². The molecule has 1 saturated carbocycles. The van der Waals surface area contributed by atoms with Gasteiger partial charge in [-0.05, 0) is 58.5 Å². The molecule has 0 N–H and O–H groups in total. The lowest BCUT2D eigenvalue weighted by Crippen LogP contribution is -2.46. The zero-order chi connectivity index (χ0) is 14.0. The van der Waals surface area contributed by atoms with E-state index in [1.807, 2.05) is 0 Å². The molecule has 1 aliphatic heterocycles. The molecule has 0 radical (unpaired) electrons. The minimum atomic E-state index is -0.0530. The van der Waals surface area contributed by atoms with Crippen molar-refractivity contribution in [2.24, 2.45) is 5.92 Å². The van der Waals surface area contributed by atoms with Crippen LogP contribution >= 0.6 is 0 Å². The van der Waals surface area contributed by atoms with Crippen molar-refractivity contribution in [2.45, 2.75) is 37.7 Å². The molecule has 20 heavy (non-hydrogen) atoms. The molecule has 1 aromatic carbocycles. The third-order valence-corrected chi connectivity index (χ3v) is 4.75. The Labute approximate surface area is 122 Å². The topological polar surface area (TPSA) is 12.5 Å². The first-order valence-electron chi connectivity index (χ1n) is 7.82. The Balaban J connectivity index is 1.82. The first kappa shape index (κ1) is 13.7.